The number of rotatable bonds is 3. The fourth-order valence-corrected chi connectivity index (χ4v) is 3.17. The van der Waals surface area contributed by atoms with E-state index in [0.717, 1.165) is 5.69 Å². The molecule has 2 aromatic carbocycles. The van der Waals surface area contributed by atoms with Crippen LogP contribution in [0.1, 0.15) is 37.9 Å². The van der Waals surface area contributed by atoms with Gasteiger partial charge in [0.25, 0.3) is 0 Å². The van der Waals surface area contributed by atoms with Crippen molar-refractivity contribution >= 4 is 11.6 Å². The summed E-state index contributed by atoms with van der Waals surface area (Å²) in [5.41, 5.74) is 3.76. The van der Waals surface area contributed by atoms with Crippen molar-refractivity contribution in [3.05, 3.63) is 59.7 Å². The number of aliphatic hydroxyl groups is 1. The van der Waals surface area contributed by atoms with Crippen molar-refractivity contribution < 1.29 is 14.6 Å². The molecule has 0 saturated heterocycles. The van der Waals surface area contributed by atoms with Crippen LogP contribution in [0.2, 0.25) is 0 Å². The summed E-state index contributed by atoms with van der Waals surface area (Å²) in [6, 6.07) is 15.9. The summed E-state index contributed by atoms with van der Waals surface area (Å²) in [6.45, 7) is 5.00. The largest absolute Gasteiger partial charge is 0.485 e. The molecule has 0 radical (unpaired) electrons. The summed E-state index contributed by atoms with van der Waals surface area (Å²) >= 11 is 0. The smallest absolute Gasteiger partial charge is 0.235 e. The van der Waals surface area contributed by atoms with E-state index < -0.39 is 17.7 Å². The molecule has 2 aromatic rings. The van der Waals surface area contributed by atoms with Gasteiger partial charge in [-0.25, -0.2) is 0 Å². The van der Waals surface area contributed by atoms with Gasteiger partial charge in [-0.3, -0.25) is 15.2 Å². The Morgan fingerprint density at radius 2 is 1.96 bits per heavy atom. The van der Waals surface area contributed by atoms with Crippen molar-refractivity contribution in [1.29, 1.82) is 5.26 Å². The van der Waals surface area contributed by atoms with Crippen molar-refractivity contribution in [2.45, 2.75) is 38.5 Å². The first-order chi connectivity index (χ1) is 12.3. The number of hydrogen-bond donors (Lipinski definition) is 2. The minimum absolute atomic E-state index is 0.261. The zero-order valence-corrected chi connectivity index (χ0v) is 14.9. The molecule has 134 valence electrons. The Kier molecular flexibility index (Phi) is 4.58. The number of fused-ring (bicyclic) bond motifs is 1. The van der Waals surface area contributed by atoms with Crippen LogP contribution in [0.3, 0.4) is 0 Å². The number of para-hydroxylation sites is 1. The standard InChI is InChI=1S/C20H21N3O3/c1-13(24)22-23(15-7-5-4-6-8-15)18-16-11-14(12-21)9-10-17(16)26-20(2,3)19(18)25/h4-11,18-19,25H,1-3H3,(H,22,24)/t18-,19+/m0/s1. The second kappa shape index (κ2) is 6.70. The first-order valence-corrected chi connectivity index (χ1v) is 8.36. The molecular weight excluding hydrogens is 330 g/mol. The van der Waals surface area contributed by atoms with E-state index in [9.17, 15) is 15.2 Å². The number of ether oxygens (including phenoxy) is 1. The van der Waals surface area contributed by atoms with Crippen LogP contribution >= 0.6 is 0 Å². The molecule has 0 aromatic heterocycles. The lowest BCUT2D eigenvalue weighted by Gasteiger charge is -2.46. The summed E-state index contributed by atoms with van der Waals surface area (Å²) in [5, 5.41) is 21.9. The summed E-state index contributed by atoms with van der Waals surface area (Å²) in [4.78, 5) is 11.9. The van der Waals surface area contributed by atoms with Crippen LogP contribution in [-0.2, 0) is 4.79 Å². The van der Waals surface area contributed by atoms with Gasteiger partial charge >= 0.3 is 0 Å². The summed E-state index contributed by atoms with van der Waals surface area (Å²) in [7, 11) is 0. The first kappa shape index (κ1) is 17.8. The lowest BCUT2D eigenvalue weighted by molar-refractivity contribution is -0.120. The molecule has 2 N–H and O–H groups in total. The maximum absolute atomic E-state index is 11.9. The second-order valence-corrected chi connectivity index (χ2v) is 6.83. The van der Waals surface area contributed by atoms with Crippen molar-refractivity contribution in [2.75, 3.05) is 5.01 Å². The Hall–Kier alpha value is -3.04. The van der Waals surface area contributed by atoms with Crippen LogP contribution in [0.5, 0.6) is 5.75 Å². The van der Waals surface area contributed by atoms with E-state index in [4.69, 9.17) is 4.74 Å². The molecule has 1 amide bonds. The van der Waals surface area contributed by atoms with Crippen LogP contribution in [0, 0.1) is 11.3 Å². The molecule has 0 bridgehead atoms. The fourth-order valence-electron chi connectivity index (χ4n) is 3.17. The molecule has 0 saturated carbocycles. The van der Waals surface area contributed by atoms with Gasteiger partial charge in [0.15, 0.2) is 0 Å². The van der Waals surface area contributed by atoms with Crippen molar-refractivity contribution in [3.63, 3.8) is 0 Å². The molecule has 26 heavy (non-hydrogen) atoms. The number of amides is 1. The number of hydrazine groups is 1. The third-order valence-corrected chi connectivity index (χ3v) is 4.43. The number of nitrogens with zero attached hydrogens (tertiary/aromatic N) is 2. The summed E-state index contributed by atoms with van der Waals surface area (Å²) in [5.74, 6) is 0.318. The van der Waals surface area contributed by atoms with Gasteiger partial charge in [0.1, 0.15) is 23.5 Å². The highest BCUT2D eigenvalue weighted by atomic mass is 16.5. The maximum Gasteiger partial charge on any atom is 0.235 e. The van der Waals surface area contributed by atoms with Gasteiger partial charge < -0.3 is 9.84 Å². The average Bonchev–Trinajstić information content (AvgIpc) is 2.61. The fraction of sp³-hybridized carbons (Fsp3) is 0.300. The predicted molar refractivity (Wildman–Crippen MR) is 97.3 cm³/mol. The van der Waals surface area contributed by atoms with Gasteiger partial charge in [-0.05, 0) is 44.2 Å². The van der Waals surface area contributed by atoms with Gasteiger partial charge in [0, 0.05) is 12.5 Å². The van der Waals surface area contributed by atoms with Gasteiger partial charge in [-0.2, -0.15) is 5.26 Å². The van der Waals surface area contributed by atoms with Crippen LogP contribution in [0.4, 0.5) is 5.69 Å². The Balaban J connectivity index is 2.18. The van der Waals surface area contributed by atoms with Gasteiger partial charge in [0.05, 0.1) is 17.3 Å². The predicted octanol–water partition coefficient (Wildman–Crippen LogP) is 2.69. The highest BCUT2D eigenvalue weighted by Crippen LogP contribution is 2.43. The number of nitriles is 1. The number of aliphatic hydroxyl groups excluding tert-OH is 1. The highest BCUT2D eigenvalue weighted by Gasteiger charge is 2.46. The van der Waals surface area contributed by atoms with E-state index in [0.29, 0.717) is 16.9 Å². The summed E-state index contributed by atoms with van der Waals surface area (Å²) in [6.07, 6.45) is -0.948. The Morgan fingerprint density at radius 3 is 2.58 bits per heavy atom. The minimum atomic E-state index is -0.948. The molecule has 1 heterocycles. The molecule has 2 atom stereocenters. The van der Waals surface area contributed by atoms with Crippen LogP contribution in [-0.4, -0.2) is 22.7 Å². The maximum atomic E-state index is 11.9. The monoisotopic (exact) mass is 351 g/mol. The van der Waals surface area contributed by atoms with E-state index in [-0.39, 0.29) is 5.91 Å². The van der Waals surface area contributed by atoms with Crippen LogP contribution in [0.15, 0.2) is 48.5 Å². The lowest BCUT2D eigenvalue weighted by Crippen LogP contribution is -2.57. The molecular formula is C20H21N3O3. The van der Waals surface area contributed by atoms with Gasteiger partial charge in [-0.1, -0.05) is 18.2 Å². The number of hydrogen-bond acceptors (Lipinski definition) is 5. The van der Waals surface area contributed by atoms with Crippen LogP contribution in [0.25, 0.3) is 0 Å². The molecule has 6 heteroatoms. The third kappa shape index (κ3) is 3.22. The Morgan fingerprint density at radius 1 is 1.27 bits per heavy atom. The first-order valence-electron chi connectivity index (χ1n) is 8.36. The third-order valence-electron chi connectivity index (χ3n) is 4.43. The van der Waals surface area contributed by atoms with Crippen molar-refractivity contribution in [3.8, 4) is 11.8 Å². The number of carbonyl (C=O) groups is 1. The van der Waals surface area contributed by atoms with Gasteiger partial charge in [0.2, 0.25) is 5.91 Å². The van der Waals surface area contributed by atoms with E-state index in [1.165, 1.54) is 6.92 Å². The molecule has 1 aliphatic heterocycles. The Bertz CT molecular complexity index is 858. The molecule has 0 unspecified atom stereocenters. The number of nitrogens with one attached hydrogen (secondary N) is 1. The van der Waals surface area contributed by atoms with E-state index >= 15 is 0 Å². The van der Waals surface area contributed by atoms with Crippen molar-refractivity contribution in [1.82, 2.24) is 5.43 Å². The van der Waals surface area contributed by atoms with E-state index in [1.807, 2.05) is 30.3 Å². The topological polar surface area (TPSA) is 85.6 Å². The van der Waals surface area contributed by atoms with Crippen molar-refractivity contribution in [2.24, 2.45) is 0 Å². The highest BCUT2D eigenvalue weighted by molar-refractivity contribution is 5.75. The number of benzene rings is 2. The van der Waals surface area contributed by atoms with Crippen LogP contribution < -0.4 is 15.2 Å². The number of anilines is 1. The molecule has 0 aliphatic carbocycles. The van der Waals surface area contributed by atoms with E-state index in [2.05, 4.69) is 11.5 Å². The molecule has 6 nitrogen and oxygen atoms in total. The van der Waals surface area contributed by atoms with E-state index in [1.54, 1.807) is 37.1 Å². The second-order valence-electron chi connectivity index (χ2n) is 6.83. The minimum Gasteiger partial charge on any atom is -0.485 e. The normalized spacial score (nSPS) is 20.3. The molecule has 3 rings (SSSR count). The zero-order chi connectivity index (χ0) is 18.9. The lowest BCUT2D eigenvalue weighted by atomic mass is 9.85. The average molecular weight is 351 g/mol. The zero-order valence-electron chi connectivity index (χ0n) is 14.9. The van der Waals surface area contributed by atoms with Gasteiger partial charge in [-0.15, -0.1) is 0 Å². The molecule has 0 fully saturated rings. The summed E-state index contributed by atoms with van der Waals surface area (Å²) < 4.78 is 5.95. The number of carbonyl (C=O) groups excluding carboxylic acids is 1. The quantitative estimate of drug-likeness (QED) is 0.831. The molecule has 1 aliphatic rings. The Labute approximate surface area is 152 Å². The molecule has 0 spiro atoms. The SMILES string of the molecule is CC(=O)NN(c1ccccc1)[C@H]1c2cc(C#N)ccc2OC(C)(C)[C@@H]1O.